The van der Waals surface area contributed by atoms with Crippen LogP contribution in [-0.4, -0.2) is 41.9 Å². The third-order valence-corrected chi connectivity index (χ3v) is 6.30. The highest BCUT2D eigenvalue weighted by Gasteiger charge is 2.24. The van der Waals surface area contributed by atoms with Crippen molar-refractivity contribution in [3.8, 4) is 0 Å². The van der Waals surface area contributed by atoms with E-state index in [4.69, 9.17) is 0 Å². The Morgan fingerprint density at radius 1 is 0.759 bits per heavy atom. The van der Waals surface area contributed by atoms with Gasteiger partial charge in [-0.3, -0.25) is 14.6 Å². The maximum absolute atomic E-state index is 12.6. The van der Waals surface area contributed by atoms with Gasteiger partial charge in [0.2, 0.25) is 5.91 Å². The third kappa shape index (κ3) is 5.91. The van der Waals surface area contributed by atoms with E-state index in [-0.39, 0.29) is 11.8 Å². The highest BCUT2D eigenvalue weighted by Crippen LogP contribution is 2.19. The lowest BCUT2D eigenvalue weighted by Crippen LogP contribution is -2.40. The molecule has 4 nitrogen and oxygen atoms in total. The van der Waals surface area contributed by atoms with Gasteiger partial charge in [-0.2, -0.15) is 0 Å². The number of likely N-dealkylation sites (tertiary alicyclic amines) is 2. The molecule has 0 bridgehead atoms. The molecule has 154 valence electrons. The van der Waals surface area contributed by atoms with Crippen molar-refractivity contribution in [1.29, 1.82) is 0 Å². The summed E-state index contributed by atoms with van der Waals surface area (Å²) in [6.07, 6.45) is 4.56. The molecule has 4 rings (SSSR count). The quantitative estimate of drug-likeness (QED) is 0.780. The van der Waals surface area contributed by atoms with Crippen LogP contribution in [0.2, 0.25) is 0 Å². The lowest BCUT2D eigenvalue weighted by molar-refractivity contribution is -0.126. The van der Waals surface area contributed by atoms with Gasteiger partial charge in [0, 0.05) is 25.6 Å². The van der Waals surface area contributed by atoms with E-state index < -0.39 is 0 Å². The van der Waals surface area contributed by atoms with E-state index >= 15 is 0 Å². The molecule has 2 heterocycles. The molecule has 4 heteroatoms. The molecule has 0 atom stereocenters. The van der Waals surface area contributed by atoms with E-state index in [0.717, 1.165) is 39.0 Å². The second kappa shape index (κ2) is 10.0. The average Bonchev–Trinajstić information content (AvgIpc) is 3.27. The average molecular weight is 392 g/mol. The van der Waals surface area contributed by atoms with E-state index in [1.165, 1.54) is 42.6 Å². The van der Waals surface area contributed by atoms with E-state index in [9.17, 15) is 4.79 Å². The van der Waals surface area contributed by atoms with Gasteiger partial charge in [0.15, 0.2) is 0 Å². The number of nitrogens with zero attached hydrogens (tertiary/aromatic N) is 2. The molecule has 1 N–H and O–H groups in total. The highest BCUT2D eigenvalue weighted by atomic mass is 16.1. The lowest BCUT2D eigenvalue weighted by Gasteiger charge is -2.31. The van der Waals surface area contributed by atoms with E-state index in [0.29, 0.717) is 6.54 Å². The molecule has 2 aromatic rings. The van der Waals surface area contributed by atoms with Crippen molar-refractivity contribution in [1.82, 2.24) is 15.1 Å². The van der Waals surface area contributed by atoms with Crippen molar-refractivity contribution >= 4 is 5.91 Å². The van der Waals surface area contributed by atoms with Crippen molar-refractivity contribution in [2.24, 2.45) is 5.92 Å². The number of benzene rings is 2. The zero-order chi connectivity index (χ0) is 19.9. The Bertz CT molecular complexity index is 760. The zero-order valence-electron chi connectivity index (χ0n) is 17.4. The fourth-order valence-electron chi connectivity index (χ4n) is 4.49. The molecular formula is C25H33N3O. The second-order valence-electron chi connectivity index (χ2n) is 8.55. The summed E-state index contributed by atoms with van der Waals surface area (Å²) >= 11 is 0. The van der Waals surface area contributed by atoms with Crippen molar-refractivity contribution in [3.63, 3.8) is 0 Å². The lowest BCUT2D eigenvalue weighted by atomic mass is 9.95. The number of rotatable bonds is 7. The summed E-state index contributed by atoms with van der Waals surface area (Å²) in [7, 11) is 0. The minimum atomic E-state index is 0.150. The van der Waals surface area contributed by atoms with E-state index in [1.54, 1.807) is 0 Å². The van der Waals surface area contributed by atoms with Crippen molar-refractivity contribution in [2.45, 2.75) is 45.3 Å². The van der Waals surface area contributed by atoms with Gasteiger partial charge in [-0.05, 0) is 68.6 Å². The van der Waals surface area contributed by atoms with Crippen LogP contribution in [0.5, 0.6) is 0 Å². The fraction of sp³-hybridized carbons (Fsp3) is 0.480. The first-order valence-corrected chi connectivity index (χ1v) is 11.1. The first-order valence-electron chi connectivity index (χ1n) is 11.1. The molecule has 0 aliphatic carbocycles. The Morgan fingerprint density at radius 2 is 1.31 bits per heavy atom. The van der Waals surface area contributed by atoms with Crippen LogP contribution in [0.15, 0.2) is 54.6 Å². The fourth-order valence-corrected chi connectivity index (χ4v) is 4.49. The smallest absolute Gasteiger partial charge is 0.223 e. The Balaban J connectivity index is 1.18. The SMILES string of the molecule is O=C(NCc1ccc(CN2CCCC2)cc1)C1CCN(Cc2ccccc2)CC1. The molecule has 2 aliphatic heterocycles. The molecule has 0 saturated carbocycles. The van der Waals surface area contributed by atoms with Gasteiger partial charge in [0.05, 0.1) is 0 Å². The molecule has 2 aliphatic rings. The largest absolute Gasteiger partial charge is 0.352 e. The van der Waals surface area contributed by atoms with Gasteiger partial charge in [0.1, 0.15) is 0 Å². The van der Waals surface area contributed by atoms with Crippen molar-refractivity contribution in [3.05, 3.63) is 71.3 Å². The molecule has 2 saturated heterocycles. The van der Waals surface area contributed by atoms with Gasteiger partial charge >= 0.3 is 0 Å². The first kappa shape index (κ1) is 20.1. The first-order chi connectivity index (χ1) is 14.3. The van der Waals surface area contributed by atoms with Crippen molar-refractivity contribution < 1.29 is 4.79 Å². The molecule has 2 aromatic carbocycles. The number of amides is 1. The van der Waals surface area contributed by atoms with Crippen LogP contribution in [0.4, 0.5) is 0 Å². The molecule has 1 amide bonds. The van der Waals surface area contributed by atoms with Gasteiger partial charge < -0.3 is 5.32 Å². The predicted molar refractivity (Wildman–Crippen MR) is 117 cm³/mol. The summed E-state index contributed by atoms with van der Waals surface area (Å²) in [6.45, 7) is 7.11. The summed E-state index contributed by atoms with van der Waals surface area (Å²) in [5.74, 6) is 0.363. The summed E-state index contributed by atoms with van der Waals surface area (Å²) in [5, 5.41) is 3.16. The van der Waals surface area contributed by atoms with Gasteiger partial charge in [-0.1, -0.05) is 54.6 Å². The van der Waals surface area contributed by atoms with Gasteiger partial charge in [0.25, 0.3) is 0 Å². The van der Waals surface area contributed by atoms with Crippen molar-refractivity contribution in [2.75, 3.05) is 26.2 Å². The second-order valence-corrected chi connectivity index (χ2v) is 8.55. The van der Waals surface area contributed by atoms with Crippen LogP contribution < -0.4 is 5.32 Å². The number of hydrogen-bond donors (Lipinski definition) is 1. The molecule has 29 heavy (non-hydrogen) atoms. The number of nitrogens with one attached hydrogen (secondary N) is 1. The molecule has 0 radical (unpaired) electrons. The van der Waals surface area contributed by atoms with Gasteiger partial charge in [-0.15, -0.1) is 0 Å². The predicted octanol–water partition coefficient (Wildman–Crippen LogP) is 3.81. The third-order valence-electron chi connectivity index (χ3n) is 6.30. The number of hydrogen-bond acceptors (Lipinski definition) is 3. The maximum atomic E-state index is 12.6. The Labute approximate surface area is 174 Å². The Hall–Kier alpha value is -2.17. The molecule has 0 unspecified atom stereocenters. The summed E-state index contributed by atoms with van der Waals surface area (Å²) in [6, 6.07) is 19.3. The van der Waals surface area contributed by atoms with Crippen LogP contribution in [0.3, 0.4) is 0 Å². The molecular weight excluding hydrogens is 358 g/mol. The van der Waals surface area contributed by atoms with Crippen LogP contribution in [0.1, 0.15) is 42.4 Å². The zero-order valence-corrected chi connectivity index (χ0v) is 17.4. The van der Waals surface area contributed by atoms with Crippen LogP contribution in [0.25, 0.3) is 0 Å². The minimum Gasteiger partial charge on any atom is -0.352 e. The summed E-state index contributed by atoms with van der Waals surface area (Å²) in [4.78, 5) is 17.6. The minimum absolute atomic E-state index is 0.150. The highest BCUT2D eigenvalue weighted by molar-refractivity contribution is 5.78. The van der Waals surface area contributed by atoms with Crippen LogP contribution in [0, 0.1) is 5.92 Å². The molecule has 0 aromatic heterocycles. The number of carbonyl (C=O) groups is 1. The number of carbonyl (C=O) groups excluding carboxylic acids is 1. The molecule has 0 spiro atoms. The summed E-state index contributed by atoms with van der Waals surface area (Å²) < 4.78 is 0. The molecule has 2 fully saturated rings. The number of piperidine rings is 1. The van der Waals surface area contributed by atoms with E-state index in [1.807, 2.05) is 0 Å². The van der Waals surface area contributed by atoms with Gasteiger partial charge in [-0.25, -0.2) is 0 Å². The maximum Gasteiger partial charge on any atom is 0.223 e. The normalized spacial score (nSPS) is 18.8. The van der Waals surface area contributed by atoms with Crippen LogP contribution in [-0.2, 0) is 24.4 Å². The Morgan fingerprint density at radius 3 is 1.97 bits per heavy atom. The monoisotopic (exact) mass is 391 g/mol. The topological polar surface area (TPSA) is 35.6 Å². The Kier molecular flexibility index (Phi) is 6.96. The van der Waals surface area contributed by atoms with E-state index in [2.05, 4.69) is 69.7 Å². The van der Waals surface area contributed by atoms with Crippen LogP contribution >= 0.6 is 0 Å². The summed E-state index contributed by atoms with van der Waals surface area (Å²) in [5.41, 5.74) is 3.90. The standard InChI is InChI=1S/C25H33N3O/c29-25(24-12-16-28(17-13-24)19-22-6-2-1-3-7-22)26-18-21-8-10-23(11-9-21)20-27-14-4-5-15-27/h1-3,6-11,24H,4-5,12-20H2,(H,26,29).